The summed E-state index contributed by atoms with van der Waals surface area (Å²) in [5.41, 5.74) is 1.15. The number of amides is 1. The molecule has 0 saturated carbocycles. The number of hydrogen-bond acceptors (Lipinski definition) is 3. The number of fused-ring (bicyclic) bond motifs is 2. The third-order valence-electron chi connectivity index (χ3n) is 4.58. The van der Waals surface area contributed by atoms with Crippen LogP contribution in [0.15, 0.2) is 22.7 Å². The minimum absolute atomic E-state index is 0. The van der Waals surface area contributed by atoms with Gasteiger partial charge in [-0.15, -0.1) is 12.4 Å². The summed E-state index contributed by atoms with van der Waals surface area (Å²) in [4.78, 5) is 12.4. The maximum absolute atomic E-state index is 12.4. The van der Waals surface area contributed by atoms with Gasteiger partial charge in [-0.1, -0.05) is 6.07 Å². The van der Waals surface area contributed by atoms with Crippen molar-refractivity contribution < 1.29 is 9.53 Å². The molecule has 2 heterocycles. The predicted molar refractivity (Wildman–Crippen MR) is 97.3 cm³/mol. The first-order valence-electron chi connectivity index (χ1n) is 8.00. The van der Waals surface area contributed by atoms with E-state index in [2.05, 4.69) is 26.6 Å². The largest absolute Gasteiger partial charge is 0.480 e. The van der Waals surface area contributed by atoms with E-state index in [1.54, 1.807) is 6.92 Å². The molecule has 1 aromatic rings. The van der Waals surface area contributed by atoms with E-state index >= 15 is 0 Å². The molecule has 0 radical (unpaired) electrons. The third-order valence-corrected chi connectivity index (χ3v) is 5.20. The first-order valence-corrected chi connectivity index (χ1v) is 8.80. The fourth-order valence-corrected chi connectivity index (χ4v) is 4.03. The second-order valence-corrected chi connectivity index (χ2v) is 7.36. The molecule has 4 nitrogen and oxygen atoms in total. The molecule has 3 atom stereocenters. The normalized spacial score (nSPS) is 27.0. The van der Waals surface area contributed by atoms with Gasteiger partial charge in [0, 0.05) is 18.1 Å². The zero-order chi connectivity index (χ0) is 15.7. The van der Waals surface area contributed by atoms with Gasteiger partial charge in [0.15, 0.2) is 6.10 Å². The van der Waals surface area contributed by atoms with E-state index in [1.165, 1.54) is 12.8 Å². The zero-order valence-electron chi connectivity index (χ0n) is 13.5. The summed E-state index contributed by atoms with van der Waals surface area (Å²) < 4.78 is 6.68. The molecule has 0 aromatic heterocycles. The Morgan fingerprint density at radius 1 is 1.35 bits per heavy atom. The average molecular weight is 404 g/mol. The van der Waals surface area contributed by atoms with Crippen molar-refractivity contribution in [2.24, 2.45) is 0 Å². The summed E-state index contributed by atoms with van der Waals surface area (Å²) >= 11 is 3.48. The van der Waals surface area contributed by atoms with Crippen molar-refractivity contribution in [1.82, 2.24) is 10.6 Å². The molecule has 23 heavy (non-hydrogen) atoms. The number of halogens is 2. The number of ether oxygens (including phenoxy) is 1. The molecule has 6 heteroatoms. The molecule has 2 bridgehead atoms. The van der Waals surface area contributed by atoms with E-state index in [-0.39, 0.29) is 24.4 Å². The predicted octanol–water partition coefficient (Wildman–Crippen LogP) is 3.35. The van der Waals surface area contributed by atoms with Crippen LogP contribution in [0, 0.1) is 6.92 Å². The number of aryl methyl sites for hydroxylation is 1. The highest BCUT2D eigenvalue weighted by atomic mass is 79.9. The summed E-state index contributed by atoms with van der Waals surface area (Å²) in [6.45, 7) is 3.83. The highest BCUT2D eigenvalue weighted by Gasteiger charge is 2.34. The third kappa shape index (κ3) is 4.61. The van der Waals surface area contributed by atoms with Crippen molar-refractivity contribution in [2.75, 3.05) is 0 Å². The van der Waals surface area contributed by atoms with E-state index in [0.29, 0.717) is 17.8 Å². The summed E-state index contributed by atoms with van der Waals surface area (Å²) in [5, 5.41) is 6.74. The lowest BCUT2D eigenvalue weighted by molar-refractivity contribution is -0.128. The van der Waals surface area contributed by atoms with Crippen LogP contribution in [0.5, 0.6) is 5.75 Å². The smallest absolute Gasteiger partial charge is 0.260 e. The van der Waals surface area contributed by atoms with Crippen LogP contribution in [0.1, 0.15) is 38.2 Å². The van der Waals surface area contributed by atoms with Gasteiger partial charge in [0.1, 0.15) is 5.75 Å². The van der Waals surface area contributed by atoms with Gasteiger partial charge in [-0.05, 0) is 73.2 Å². The molecular formula is C17H24BrClN2O2. The molecule has 2 aliphatic heterocycles. The Kier molecular flexibility index (Phi) is 6.34. The Bertz CT molecular complexity index is 558. The lowest BCUT2D eigenvalue weighted by atomic mass is 9.99. The Hall–Kier alpha value is -0.780. The van der Waals surface area contributed by atoms with Crippen LogP contribution in [0.25, 0.3) is 0 Å². The van der Waals surface area contributed by atoms with Crippen molar-refractivity contribution in [2.45, 2.75) is 63.8 Å². The molecule has 0 aliphatic carbocycles. The topological polar surface area (TPSA) is 50.4 Å². The van der Waals surface area contributed by atoms with Crippen LogP contribution >= 0.6 is 28.3 Å². The van der Waals surface area contributed by atoms with Crippen LogP contribution in [-0.2, 0) is 4.79 Å². The summed E-state index contributed by atoms with van der Waals surface area (Å²) in [6, 6.07) is 7.30. The van der Waals surface area contributed by atoms with E-state index in [9.17, 15) is 4.79 Å². The molecule has 2 N–H and O–H groups in total. The molecule has 1 aromatic carbocycles. The summed E-state index contributed by atoms with van der Waals surface area (Å²) in [7, 11) is 0. The standard InChI is InChI=1S/C17H23BrN2O2.ClH/c1-10-3-6-16(15(18)7-10)22-11(2)17(21)20-14-8-12-4-5-13(9-14)19-12;/h3,6-7,11-14,19H,4-5,8-9H2,1-2H3,(H,20,21);1H. The molecule has 1 amide bonds. The van der Waals surface area contributed by atoms with Crippen LogP contribution in [-0.4, -0.2) is 30.1 Å². The Labute approximate surface area is 152 Å². The Morgan fingerprint density at radius 3 is 2.61 bits per heavy atom. The molecule has 128 valence electrons. The Balaban J connectivity index is 0.00000192. The van der Waals surface area contributed by atoms with E-state index in [0.717, 1.165) is 22.9 Å². The zero-order valence-corrected chi connectivity index (χ0v) is 15.9. The first kappa shape index (κ1) is 18.6. The molecule has 0 spiro atoms. The van der Waals surface area contributed by atoms with Gasteiger partial charge >= 0.3 is 0 Å². The highest BCUT2D eigenvalue weighted by molar-refractivity contribution is 9.10. The number of carbonyl (C=O) groups is 1. The first-order chi connectivity index (χ1) is 10.5. The van der Waals surface area contributed by atoms with Crippen molar-refractivity contribution in [1.29, 1.82) is 0 Å². The van der Waals surface area contributed by atoms with Crippen molar-refractivity contribution in [3.05, 3.63) is 28.2 Å². The van der Waals surface area contributed by atoms with Gasteiger partial charge in [0.2, 0.25) is 0 Å². The fraction of sp³-hybridized carbons (Fsp3) is 0.588. The van der Waals surface area contributed by atoms with Crippen LogP contribution in [0.2, 0.25) is 0 Å². The minimum atomic E-state index is -0.494. The molecule has 3 unspecified atom stereocenters. The van der Waals surface area contributed by atoms with Crippen LogP contribution < -0.4 is 15.4 Å². The Morgan fingerprint density at radius 2 is 2.00 bits per heavy atom. The van der Waals surface area contributed by atoms with Crippen molar-refractivity contribution in [3.8, 4) is 5.75 Å². The molecule has 2 saturated heterocycles. The quantitative estimate of drug-likeness (QED) is 0.810. The lowest BCUT2D eigenvalue weighted by Gasteiger charge is -2.30. The molecular weight excluding hydrogens is 380 g/mol. The summed E-state index contributed by atoms with van der Waals surface area (Å²) in [5.74, 6) is 0.678. The second-order valence-electron chi connectivity index (χ2n) is 6.51. The summed E-state index contributed by atoms with van der Waals surface area (Å²) in [6.07, 6.45) is 4.04. The van der Waals surface area contributed by atoms with E-state index < -0.39 is 6.10 Å². The number of piperidine rings is 1. The highest BCUT2D eigenvalue weighted by Crippen LogP contribution is 2.28. The van der Waals surface area contributed by atoms with Gasteiger partial charge in [-0.25, -0.2) is 0 Å². The second kappa shape index (κ2) is 7.86. The maximum Gasteiger partial charge on any atom is 0.260 e. The minimum Gasteiger partial charge on any atom is -0.480 e. The molecule has 2 fully saturated rings. The fourth-order valence-electron chi connectivity index (χ4n) is 3.44. The lowest BCUT2D eigenvalue weighted by Crippen LogP contribution is -2.50. The molecule has 2 aliphatic rings. The number of hydrogen-bond donors (Lipinski definition) is 2. The SMILES string of the molecule is Cc1ccc(OC(C)C(=O)NC2CC3CCC(C2)N3)c(Br)c1.Cl. The van der Waals surface area contributed by atoms with Crippen molar-refractivity contribution in [3.63, 3.8) is 0 Å². The number of benzene rings is 1. The molecule has 3 rings (SSSR count). The van der Waals surface area contributed by atoms with Gasteiger partial charge in [-0.2, -0.15) is 0 Å². The van der Waals surface area contributed by atoms with Gasteiger partial charge < -0.3 is 15.4 Å². The van der Waals surface area contributed by atoms with Gasteiger partial charge in [0.05, 0.1) is 4.47 Å². The van der Waals surface area contributed by atoms with Gasteiger partial charge in [-0.3, -0.25) is 4.79 Å². The number of rotatable bonds is 4. The average Bonchev–Trinajstić information content (AvgIpc) is 2.81. The number of carbonyl (C=O) groups excluding carboxylic acids is 1. The van der Waals surface area contributed by atoms with Crippen LogP contribution in [0.3, 0.4) is 0 Å². The monoisotopic (exact) mass is 402 g/mol. The van der Waals surface area contributed by atoms with E-state index in [4.69, 9.17) is 4.74 Å². The van der Waals surface area contributed by atoms with E-state index in [1.807, 2.05) is 25.1 Å². The van der Waals surface area contributed by atoms with Gasteiger partial charge in [0.25, 0.3) is 5.91 Å². The maximum atomic E-state index is 12.4. The van der Waals surface area contributed by atoms with Crippen LogP contribution in [0.4, 0.5) is 0 Å². The number of nitrogens with one attached hydrogen (secondary N) is 2. The van der Waals surface area contributed by atoms with Crippen molar-refractivity contribution >= 4 is 34.2 Å².